The minimum atomic E-state index is -0.924. The molecule has 0 radical (unpaired) electrons. The summed E-state index contributed by atoms with van der Waals surface area (Å²) >= 11 is 0. The molecule has 0 saturated carbocycles. The Hall–Kier alpha value is -3.15. The van der Waals surface area contributed by atoms with Crippen molar-refractivity contribution in [2.45, 2.75) is 26.4 Å². The summed E-state index contributed by atoms with van der Waals surface area (Å²) < 4.78 is 23.5. The number of carbonyl (C=O) groups excluding carboxylic acids is 2. The van der Waals surface area contributed by atoms with Gasteiger partial charge in [-0.3, -0.25) is 4.79 Å². The Morgan fingerprint density at radius 3 is 2.57 bits per heavy atom. The molecular weight excluding hydrogens is 361 g/mol. The normalized spacial score (nSPS) is 11.8. The van der Waals surface area contributed by atoms with Gasteiger partial charge in [-0.1, -0.05) is 30.3 Å². The first-order valence-corrected chi connectivity index (χ1v) is 9.12. The molecule has 0 bridgehead atoms. The average molecular weight is 385 g/mol. The van der Waals surface area contributed by atoms with Crippen molar-refractivity contribution < 1.29 is 23.5 Å². The lowest BCUT2D eigenvalue weighted by Crippen LogP contribution is -2.36. The van der Waals surface area contributed by atoms with E-state index in [0.717, 1.165) is 11.1 Å². The van der Waals surface area contributed by atoms with E-state index < -0.39 is 18.0 Å². The van der Waals surface area contributed by atoms with Crippen LogP contribution in [0, 0.1) is 5.82 Å². The molecule has 2 rings (SSSR count). The number of para-hydroxylation sites is 1. The minimum Gasteiger partial charge on any atom is -0.493 e. The molecule has 148 valence electrons. The Kier molecular flexibility index (Phi) is 8.21. The van der Waals surface area contributed by atoms with Crippen molar-refractivity contribution in [2.24, 2.45) is 0 Å². The second-order valence-corrected chi connectivity index (χ2v) is 6.05. The fourth-order valence-electron chi connectivity index (χ4n) is 2.45. The number of nitrogens with one attached hydrogen (secondary N) is 1. The van der Waals surface area contributed by atoms with Crippen LogP contribution in [0.2, 0.25) is 0 Å². The van der Waals surface area contributed by atoms with Gasteiger partial charge in [-0.2, -0.15) is 0 Å². The fraction of sp³-hybridized carbons (Fsp3) is 0.273. The van der Waals surface area contributed by atoms with Gasteiger partial charge in [-0.25, -0.2) is 9.18 Å². The van der Waals surface area contributed by atoms with Crippen molar-refractivity contribution in [3.63, 3.8) is 0 Å². The predicted molar refractivity (Wildman–Crippen MR) is 105 cm³/mol. The average Bonchev–Trinajstić information content (AvgIpc) is 2.69. The first-order chi connectivity index (χ1) is 13.5. The molecular formula is C22H24FNO4. The number of halogens is 1. The molecule has 1 amide bonds. The van der Waals surface area contributed by atoms with Gasteiger partial charge >= 0.3 is 5.97 Å². The second kappa shape index (κ2) is 10.9. The standard InChI is InChI=1S/C22H24FNO4/c1-3-27-20-7-5-4-6-18(20)10-13-21(25)28-16(2)22(26)24-15-14-17-8-11-19(23)12-9-17/h4-13,16H,3,14-15H2,1-2H3,(H,24,26)/b13-10+/t16-/m0/s1. The first kappa shape index (κ1) is 21.2. The lowest BCUT2D eigenvalue weighted by Gasteiger charge is -2.12. The zero-order valence-corrected chi connectivity index (χ0v) is 16.0. The molecule has 0 aliphatic rings. The zero-order valence-electron chi connectivity index (χ0n) is 16.0. The van der Waals surface area contributed by atoms with Crippen LogP contribution in [0.3, 0.4) is 0 Å². The number of rotatable bonds is 9. The highest BCUT2D eigenvalue weighted by atomic mass is 19.1. The summed E-state index contributed by atoms with van der Waals surface area (Å²) in [4.78, 5) is 24.0. The van der Waals surface area contributed by atoms with Crippen molar-refractivity contribution >= 4 is 18.0 Å². The molecule has 0 unspecified atom stereocenters. The van der Waals surface area contributed by atoms with Crippen LogP contribution < -0.4 is 10.1 Å². The Balaban J connectivity index is 1.79. The Morgan fingerprint density at radius 1 is 1.14 bits per heavy atom. The second-order valence-electron chi connectivity index (χ2n) is 6.05. The van der Waals surface area contributed by atoms with Crippen LogP contribution in [0.4, 0.5) is 4.39 Å². The number of carbonyl (C=O) groups is 2. The smallest absolute Gasteiger partial charge is 0.331 e. The molecule has 6 heteroatoms. The summed E-state index contributed by atoms with van der Waals surface area (Å²) in [6, 6.07) is 13.4. The fourth-order valence-corrected chi connectivity index (χ4v) is 2.45. The maximum absolute atomic E-state index is 12.9. The number of hydrogen-bond acceptors (Lipinski definition) is 4. The van der Waals surface area contributed by atoms with E-state index in [9.17, 15) is 14.0 Å². The summed E-state index contributed by atoms with van der Waals surface area (Å²) in [7, 11) is 0. The minimum absolute atomic E-state index is 0.301. The maximum Gasteiger partial charge on any atom is 0.331 e. The molecule has 5 nitrogen and oxygen atoms in total. The molecule has 28 heavy (non-hydrogen) atoms. The van der Waals surface area contributed by atoms with E-state index in [4.69, 9.17) is 9.47 Å². The first-order valence-electron chi connectivity index (χ1n) is 9.12. The van der Waals surface area contributed by atoms with Gasteiger partial charge < -0.3 is 14.8 Å². The number of esters is 1. The van der Waals surface area contributed by atoms with Gasteiger partial charge in [0.2, 0.25) is 0 Å². The Morgan fingerprint density at radius 2 is 1.86 bits per heavy atom. The van der Waals surface area contributed by atoms with E-state index >= 15 is 0 Å². The van der Waals surface area contributed by atoms with Crippen LogP contribution in [0.1, 0.15) is 25.0 Å². The van der Waals surface area contributed by atoms with Crippen LogP contribution in [-0.2, 0) is 20.7 Å². The highest BCUT2D eigenvalue weighted by Gasteiger charge is 2.16. The summed E-state index contributed by atoms with van der Waals surface area (Å²) in [5, 5.41) is 2.70. The molecule has 0 saturated heterocycles. The zero-order chi connectivity index (χ0) is 20.4. The van der Waals surface area contributed by atoms with Gasteiger partial charge in [-0.15, -0.1) is 0 Å². The van der Waals surface area contributed by atoms with Crippen LogP contribution in [0.25, 0.3) is 6.08 Å². The predicted octanol–water partition coefficient (Wildman–Crippen LogP) is 3.53. The topological polar surface area (TPSA) is 64.6 Å². The van der Waals surface area contributed by atoms with Gasteiger partial charge in [0, 0.05) is 18.2 Å². The maximum atomic E-state index is 12.9. The molecule has 0 fully saturated rings. The summed E-state index contributed by atoms with van der Waals surface area (Å²) in [5.74, 6) is -0.642. The third-order valence-corrected chi connectivity index (χ3v) is 3.91. The van der Waals surface area contributed by atoms with Gasteiger partial charge in [0.05, 0.1) is 6.61 Å². The van der Waals surface area contributed by atoms with Crippen molar-refractivity contribution in [3.05, 3.63) is 71.6 Å². The Bertz CT molecular complexity index is 818. The third kappa shape index (κ3) is 6.87. The van der Waals surface area contributed by atoms with Crippen LogP contribution >= 0.6 is 0 Å². The summed E-state index contributed by atoms with van der Waals surface area (Å²) in [6.45, 7) is 4.27. The number of amides is 1. The van der Waals surface area contributed by atoms with E-state index in [1.165, 1.54) is 25.1 Å². The molecule has 2 aromatic rings. The lowest BCUT2D eigenvalue weighted by atomic mass is 10.1. The summed E-state index contributed by atoms with van der Waals surface area (Å²) in [5.41, 5.74) is 1.65. The van der Waals surface area contributed by atoms with E-state index in [0.29, 0.717) is 25.3 Å². The van der Waals surface area contributed by atoms with Crippen molar-refractivity contribution in [3.8, 4) is 5.75 Å². The summed E-state index contributed by atoms with van der Waals surface area (Å²) in [6.07, 6.45) is 2.49. The van der Waals surface area contributed by atoms with Crippen LogP contribution in [0.5, 0.6) is 5.75 Å². The molecule has 0 aliphatic carbocycles. The van der Waals surface area contributed by atoms with Gasteiger partial charge in [-0.05, 0) is 50.1 Å². The Labute approximate surface area is 164 Å². The van der Waals surface area contributed by atoms with Gasteiger partial charge in [0.15, 0.2) is 6.10 Å². The van der Waals surface area contributed by atoms with Crippen molar-refractivity contribution in [2.75, 3.05) is 13.2 Å². The largest absolute Gasteiger partial charge is 0.493 e. The van der Waals surface area contributed by atoms with E-state index in [1.54, 1.807) is 18.2 Å². The van der Waals surface area contributed by atoms with Gasteiger partial charge in [0.25, 0.3) is 5.91 Å². The van der Waals surface area contributed by atoms with Crippen molar-refractivity contribution in [1.29, 1.82) is 0 Å². The molecule has 0 heterocycles. The lowest BCUT2D eigenvalue weighted by molar-refractivity contribution is -0.150. The molecule has 1 atom stereocenters. The van der Waals surface area contributed by atoms with Crippen molar-refractivity contribution in [1.82, 2.24) is 5.32 Å². The monoisotopic (exact) mass is 385 g/mol. The highest BCUT2D eigenvalue weighted by molar-refractivity contribution is 5.90. The van der Waals surface area contributed by atoms with E-state index in [2.05, 4.69) is 5.32 Å². The highest BCUT2D eigenvalue weighted by Crippen LogP contribution is 2.19. The molecule has 2 aromatic carbocycles. The van der Waals surface area contributed by atoms with Crippen LogP contribution in [-0.4, -0.2) is 31.1 Å². The quantitative estimate of drug-likeness (QED) is 0.530. The number of hydrogen-bond donors (Lipinski definition) is 1. The SMILES string of the molecule is CCOc1ccccc1/C=C/C(=O)O[C@@H](C)C(=O)NCCc1ccc(F)cc1. The molecule has 0 aliphatic heterocycles. The molecule has 0 spiro atoms. The third-order valence-electron chi connectivity index (χ3n) is 3.91. The molecule has 1 N–H and O–H groups in total. The van der Waals surface area contributed by atoms with E-state index in [1.807, 2.05) is 31.2 Å². The van der Waals surface area contributed by atoms with Gasteiger partial charge in [0.1, 0.15) is 11.6 Å². The molecule has 0 aromatic heterocycles. The number of benzene rings is 2. The van der Waals surface area contributed by atoms with E-state index in [-0.39, 0.29) is 5.82 Å². The van der Waals surface area contributed by atoms with Crippen LogP contribution in [0.15, 0.2) is 54.6 Å². The number of ether oxygens (including phenoxy) is 2.